The van der Waals surface area contributed by atoms with Crippen molar-refractivity contribution in [2.45, 2.75) is 52.2 Å². The predicted molar refractivity (Wildman–Crippen MR) is 142 cm³/mol. The Bertz CT molecular complexity index is 1250. The predicted octanol–water partition coefficient (Wildman–Crippen LogP) is 4.49. The van der Waals surface area contributed by atoms with Gasteiger partial charge in [-0.15, -0.1) is 0 Å². The number of pyridine rings is 2. The molecule has 0 fully saturated rings. The van der Waals surface area contributed by atoms with Crippen LogP contribution in [0, 0.1) is 5.92 Å². The molecule has 4 rings (SSSR count). The van der Waals surface area contributed by atoms with Crippen LogP contribution in [0.4, 0.5) is 0 Å². The number of hydrogen-bond acceptors (Lipinski definition) is 6. The molecule has 0 bridgehead atoms. The van der Waals surface area contributed by atoms with Crippen molar-refractivity contribution in [3.8, 4) is 11.3 Å². The summed E-state index contributed by atoms with van der Waals surface area (Å²) in [4.78, 5) is 13.9. The van der Waals surface area contributed by atoms with Gasteiger partial charge in [0.25, 0.3) is 0 Å². The van der Waals surface area contributed by atoms with Crippen LogP contribution in [0.25, 0.3) is 11.3 Å². The summed E-state index contributed by atoms with van der Waals surface area (Å²) in [6, 6.07) is 8.08. The number of nitrogens with zero attached hydrogens (tertiary/aromatic N) is 5. The summed E-state index contributed by atoms with van der Waals surface area (Å²) in [7, 11) is 0. The van der Waals surface area contributed by atoms with Crippen molar-refractivity contribution >= 4 is 33.3 Å². The average Bonchev–Trinajstić information content (AvgIpc) is 3.39. The Morgan fingerprint density at radius 1 is 1.12 bits per heavy atom. The third kappa shape index (κ3) is 4.86. The van der Waals surface area contributed by atoms with Crippen LogP contribution in [0.15, 0.2) is 60.2 Å². The first-order chi connectivity index (χ1) is 15.6. The van der Waals surface area contributed by atoms with Crippen molar-refractivity contribution in [1.29, 1.82) is 0 Å². The second-order valence-corrected chi connectivity index (χ2v) is 12.7. The Morgan fingerprint density at radius 2 is 1.91 bits per heavy atom. The molecular weight excluding hydrogens is 529 g/mol. The zero-order valence-electron chi connectivity index (χ0n) is 19.7. The molecule has 3 aromatic rings. The minimum absolute atomic E-state index is 0.268. The maximum atomic E-state index is 10.1. The summed E-state index contributed by atoms with van der Waals surface area (Å²) in [6.07, 6.45) is 9.11. The summed E-state index contributed by atoms with van der Waals surface area (Å²) in [5.74, 6) is 0.837. The molecule has 7 nitrogen and oxygen atoms in total. The second kappa shape index (κ2) is 8.98. The SMILES string of the molecule is C=I1=C([C@@](C)(c2ccc(-c3cccnc3)nc2)C(C)C)N=C(c2cnn(CC(C)(C)O)c2)O1. The average molecular weight is 559 g/mol. The molecule has 1 N–H and O–H groups in total. The molecule has 1 atom stereocenters. The van der Waals surface area contributed by atoms with E-state index in [1.165, 1.54) is 0 Å². The lowest BCUT2D eigenvalue weighted by molar-refractivity contribution is 0.0577. The van der Waals surface area contributed by atoms with Gasteiger partial charge in [-0.25, -0.2) is 4.99 Å². The van der Waals surface area contributed by atoms with Gasteiger partial charge in [-0.05, 0) is 55.0 Å². The zero-order valence-corrected chi connectivity index (χ0v) is 21.8. The summed E-state index contributed by atoms with van der Waals surface area (Å²) in [5.41, 5.74) is 2.57. The van der Waals surface area contributed by atoms with Gasteiger partial charge in [-0.1, -0.05) is 19.9 Å². The molecule has 1 aliphatic heterocycles. The zero-order chi connectivity index (χ0) is 23.8. The molecule has 8 heteroatoms. The molecule has 4 heterocycles. The van der Waals surface area contributed by atoms with Crippen LogP contribution in [-0.4, -0.2) is 44.5 Å². The summed E-state index contributed by atoms with van der Waals surface area (Å²) in [6.45, 7) is 10.5. The van der Waals surface area contributed by atoms with Gasteiger partial charge in [0.15, 0.2) is 0 Å². The number of rotatable bonds is 7. The standard InChI is InChI=1S/C25H30IN5O2/c1-17(2)25(5,20-9-10-21(28-14-20)18-8-7-11-27-12-18)23-26(6)33-22(30-23)19-13-29-31(15-19)16-24(3,4)32/h7-15,17,32H,6,16H2,1-5H3/t25-/m1/s1. The van der Waals surface area contributed by atoms with Gasteiger partial charge in [0.1, 0.15) is 3.63 Å². The smallest absolute Gasteiger partial charge is 0.234 e. The topological polar surface area (TPSA) is 85.4 Å². The number of hydrogen-bond donors (Lipinski definition) is 1. The molecular formula is C25H30IN5O2. The number of aromatic nitrogens is 4. The van der Waals surface area contributed by atoms with Crippen LogP contribution < -0.4 is 0 Å². The normalized spacial score (nSPS) is 16.6. The molecule has 0 radical (unpaired) electrons. The van der Waals surface area contributed by atoms with Crippen LogP contribution >= 0.6 is 19.3 Å². The number of aliphatic imine (C=N–C) groups is 1. The summed E-state index contributed by atoms with van der Waals surface area (Å²) < 4.78 is 13.3. The van der Waals surface area contributed by atoms with Crippen LogP contribution in [-0.2, 0) is 15.0 Å². The first kappa shape index (κ1) is 23.6. The largest absolute Gasteiger partial charge is 0.422 e. The van der Waals surface area contributed by atoms with E-state index in [4.69, 9.17) is 13.0 Å². The molecule has 0 spiro atoms. The highest BCUT2D eigenvalue weighted by Crippen LogP contribution is 2.41. The van der Waals surface area contributed by atoms with Crippen molar-refractivity contribution < 1.29 is 8.17 Å². The Labute approximate surface area is 201 Å². The minimum Gasteiger partial charge on any atom is -0.422 e. The van der Waals surface area contributed by atoms with E-state index >= 15 is 0 Å². The lowest BCUT2D eigenvalue weighted by atomic mass is 9.74. The van der Waals surface area contributed by atoms with E-state index in [9.17, 15) is 5.11 Å². The minimum atomic E-state index is -2.21. The Balaban J connectivity index is 1.66. The van der Waals surface area contributed by atoms with E-state index in [0.717, 1.165) is 26.0 Å². The van der Waals surface area contributed by atoms with E-state index < -0.39 is 24.9 Å². The highest BCUT2D eigenvalue weighted by molar-refractivity contribution is 14.2. The Morgan fingerprint density at radius 3 is 2.52 bits per heavy atom. The Kier molecular flexibility index (Phi) is 6.41. The first-order valence-corrected chi connectivity index (χ1v) is 14.3. The molecule has 0 saturated carbocycles. The fourth-order valence-electron chi connectivity index (χ4n) is 3.76. The summed E-state index contributed by atoms with van der Waals surface area (Å²) >= 11 is -2.21. The molecule has 0 aromatic carbocycles. The van der Waals surface area contributed by atoms with Crippen molar-refractivity contribution in [3.63, 3.8) is 0 Å². The van der Waals surface area contributed by atoms with Gasteiger partial charge < -0.3 is 8.17 Å². The van der Waals surface area contributed by atoms with E-state index in [0.29, 0.717) is 12.4 Å². The van der Waals surface area contributed by atoms with Gasteiger partial charge in [-0.2, -0.15) is 5.10 Å². The van der Waals surface area contributed by atoms with E-state index in [1.807, 2.05) is 36.8 Å². The third-order valence-corrected chi connectivity index (χ3v) is 9.35. The van der Waals surface area contributed by atoms with Crippen molar-refractivity contribution in [3.05, 3.63) is 66.4 Å². The van der Waals surface area contributed by atoms with Crippen molar-refractivity contribution in [1.82, 2.24) is 19.7 Å². The van der Waals surface area contributed by atoms with Gasteiger partial charge in [0.05, 0.1) is 48.9 Å². The highest BCUT2D eigenvalue weighted by atomic mass is 127. The Hall–Kier alpha value is -2.59. The van der Waals surface area contributed by atoms with Crippen molar-refractivity contribution in [2.75, 3.05) is 0 Å². The molecule has 1 aliphatic rings. The number of aliphatic hydroxyl groups is 1. The van der Waals surface area contributed by atoms with Crippen LogP contribution in [0.5, 0.6) is 0 Å². The fourth-order valence-corrected chi connectivity index (χ4v) is 7.49. The first-order valence-electron chi connectivity index (χ1n) is 10.8. The van der Waals surface area contributed by atoms with Crippen LogP contribution in [0.1, 0.15) is 45.7 Å². The molecule has 0 unspecified atom stereocenters. The monoisotopic (exact) mass is 559 g/mol. The number of halogens is 1. The van der Waals surface area contributed by atoms with E-state index in [1.54, 1.807) is 30.9 Å². The lowest BCUT2D eigenvalue weighted by Crippen LogP contribution is -2.36. The fraction of sp³-hybridized carbons (Fsp3) is 0.360. The van der Waals surface area contributed by atoms with Gasteiger partial charge in [-0.3, -0.25) is 14.6 Å². The quantitative estimate of drug-likeness (QED) is 0.432. The van der Waals surface area contributed by atoms with Crippen LogP contribution in [0.3, 0.4) is 0 Å². The van der Waals surface area contributed by atoms with E-state index in [-0.39, 0.29) is 11.3 Å². The maximum absolute atomic E-state index is 10.1. The highest BCUT2D eigenvalue weighted by Gasteiger charge is 2.39. The van der Waals surface area contributed by atoms with Gasteiger partial charge >= 0.3 is 0 Å². The maximum Gasteiger partial charge on any atom is 0.234 e. The second-order valence-electron chi connectivity index (χ2n) is 9.37. The van der Waals surface area contributed by atoms with Gasteiger partial charge in [0, 0.05) is 35.8 Å². The summed E-state index contributed by atoms with van der Waals surface area (Å²) in [5, 5.41) is 14.4. The van der Waals surface area contributed by atoms with Gasteiger partial charge in [0.2, 0.25) is 5.90 Å². The molecule has 3 aromatic heterocycles. The molecule has 174 valence electrons. The van der Waals surface area contributed by atoms with Crippen molar-refractivity contribution in [2.24, 2.45) is 10.9 Å². The molecule has 0 aliphatic carbocycles. The lowest BCUT2D eigenvalue weighted by Gasteiger charge is -2.33. The van der Waals surface area contributed by atoms with E-state index in [2.05, 4.69) is 41.4 Å². The van der Waals surface area contributed by atoms with Crippen LogP contribution in [0.2, 0.25) is 0 Å². The third-order valence-electron chi connectivity index (χ3n) is 5.90. The molecule has 0 saturated heterocycles. The molecule has 33 heavy (non-hydrogen) atoms. The molecule has 0 amide bonds.